The molecule has 0 aliphatic carbocycles. The standard InChI is InChI=1S/C15H16N2O3S/c1-10-8-21-15(16-10)17(2)14(18)6-4-11-3-5-12-13(7-11)20-9-19-12/h3,5,7-8H,4,6,9H2,1-2H3. The van der Waals surface area contributed by atoms with Crippen LogP contribution in [0.15, 0.2) is 23.6 Å². The largest absolute Gasteiger partial charge is 0.454 e. The molecule has 0 atom stereocenters. The molecule has 1 aliphatic rings. The van der Waals surface area contributed by atoms with Gasteiger partial charge in [0.1, 0.15) is 0 Å². The molecule has 0 N–H and O–H groups in total. The first-order chi connectivity index (χ1) is 10.1. The van der Waals surface area contributed by atoms with E-state index in [1.54, 1.807) is 11.9 Å². The summed E-state index contributed by atoms with van der Waals surface area (Å²) in [7, 11) is 1.76. The van der Waals surface area contributed by atoms with E-state index in [2.05, 4.69) is 4.98 Å². The summed E-state index contributed by atoms with van der Waals surface area (Å²) in [6, 6.07) is 5.79. The molecule has 21 heavy (non-hydrogen) atoms. The summed E-state index contributed by atoms with van der Waals surface area (Å²) in [6.07, 6.45) is 1.11. The highest BCUT2D eigenvalue weighted by Crippen LogP contribution is 2.32. The van der Waals surface area contributed by atoms with E-state index < -0.39 is 0 Å². The molecule has 1 aromatic carbocycles. The van der Waals surface area contributed by atoms with E-state index in [-0.39, 0.29) is 12.7 Å². The lowest BCUT2D eigenvalue weighted by Gasteiger charge is -2.13. The number of rotatable bonds is 4. The average Bonchev–Trinajstić information content (AvgIpc) is 3.11. The number of fused-ring (bicyclic) bond motifs is 1. The monoisotopic (exact) mass is 304 g/mol. The molecular formula is C15H16N2O3S. The summed E-state index contributed by atoms with van der Waals surface area (Å²) in [5.41, 5.74) is 2.00. The lowest BCUT2D eigenvalue weighted by Crippen LogP contribution is -2.26. The fraction of sp³-hybridized carbons (Fsp3) is 0.333. The van der Waals surface area contributed by atoms with E-state index in [1.807, 2.05) is 30.5 Å². The maximum Gasteiger partial charge on any atom is 0.231 e. The molecule has 1 aliphatic heterocycles. The predicted molar refractivity (Wildman–Crippen MR) is 81.1 cm³/mol. The molecule has 0 saturated carbocycles. The van der Waals surface area contributed by atoms with Gasteiger partial charge in [-0.1, -0.05) is 6.07 Å². The van der Waals surface area contributed by atoms with Gasteiger partial charge in [0.05, 0.1) is 5.69 Å². The van der Waals surface area contributed by atoms with Crippen molar-refractivity contribution in [2.75, 3.05) is 18.7 Å². The Bertz CT molecular complexity index is 669. The van der Waals surface area contributed by atoms with Crippen LogP contribution in [0.25, 0.3) is 0 Å². The number of thiazole rings is 1. The molecule has 2 heterocycles. The number of carbonyl (C=O) groups excluding carboxylic acids is 1. The van der Waals surface area contributed by atoms with Crippen LogP contribution in [0.3, 0.4) is 0 Å². The topological polar surface area (TPSA) is 51.7 Å². The Balaban J connectivity index is 1.60. The number of benzene rings is 1. The van der Waals surface area contributed by atoms with Crippen LogP contribution in [0.1, 0.15) is 17.7 Å². The van der Waals surface area contributed by atoms with Crippen molar-refractivity contribution in [3.8, 4) is 11.5 Å². The second-order valence-corrected chi connectivity index (χ2v) is 5.75. The van der Waals surface area contributed by atoms with Crippen molar-refractivity contribution in [2.45, 2.75) is 19.8 Å². The number of aromatic nitrogens is 1. The Labute approximate surface area is 127 Å². The van der Waals surface area contributed by atoms with E-state index in [4.69, 9.17) is 9.47 Å². The third-order valence-corrected chi connectivity index (χ3v) is 4.37. The molecule has 6 heteroatoms. The van der Waals surface area contributed by atoms with Crippen molar-refractivity contribution in [3.05, 3.63) is 34.8 Å². The van der Waals surface area contributed by atoms with Crippen molar-refractivity contribution < 1.29 is 14.3 Å². The van der Waals surface area contributed by atoms with E-state index in [0.29, 0.717) is 12.8 Å². The minimum absolute atomic E-state index is 0.0574. The third kappa shape index (κ3) is 3.00. The zero-order valence-electron chi connectivity index (χ0n) is 12.0. The molecule has 0 spiro atoms. The van der Waals surface area contributed by atoms with Crippen LogP contribution in [0.4, 0.5) is 5.13 Å². The van der Waals surface area contributed by atoms with E-state index in [9.17, 15) is 4.79 Å². The Kier molecular flexibility index (Phi) is 3.79. The predicted octanol–water partition coefficient (Wildman–Crippen LogP) is 2.78. The van der Waals surface area contributed by atoms with Crippen molar-refractivity contribution in [1.29, 1.82) is 0 Å². The second kappa shape index (κ2) is 5.73. The van der Waals surface area contributed by atoms with Gasteiger partial charge in [-0.25, -0.2) is 4.98 Å². The normalized spacial score (nSPS) is 12.5. The molecule has 0 bridgehead atoms. The van der Waals surface area contributed by atoms with Gasteiger partial charge in [-0.2, -0.15) is 0 Å². The summed E-state index contributed by atoms with van der Waals surface area (Å²) in [4.78, 5) is 18.1. The summed E-state index contributed by atoms with van der Waals surface area (Å²) >= 11 is 1.48. The van der Waals surface area contributed by atoms with Crippen molar-refractivity contribution in [1.82, 2.24) is 4.98 Å². The number of nitrogens with zero attached hydrogens (tertiary/aromatic N) is 2. The van der Waals surface area contributed by atoms with Gasteiger partial charge in [0, 0.05) is 18.8 Å². The van der Waals surface area contributed by atoms with Gasteiger partial charge in [0.25, 0.3) is 0 Å². The van der Waals surface area contributed by atoms with E-state index >= 15 is 0 Å². The Morgan fingerprint density at radius 3 is 2.95 bits per heavy atom. The van der Waals surface area contributed by atoms with Gasteiger partial charge in [0.15, 0.2) is 16.6 Å². The summed E-state index contributed by atoms with van der Waals surface area (Å²) in [5, 5.41) is 2.68. The van der Waals surface area contributed by atoms with Crippen molar-refractivity contribution >= 4 is 22.4 Å². The quantitative estimate of drug-likeness (QED) is 0.871. The Morgan fingerprint density at radius 1 is 1.38 bits per heavy atom. The van der Waals surface area contributed by atoms with Crippen molar-refractivity contribution in [3.63, 3.8) is 0 Å². The van der Waals surface area contributed by atoms with E-state index in [1.165, 1.54) is 11.3 Å². The van der Waals surface area contributed by atoms with Gasteiger partial charge in [-0.05, 0) is 31.0 Å². The zero-order valence-corrected chi connectivity index (χ0v) is 12.8. The summed E-state index contributed by atoms with van der Waals surface area (Å²) < 4.78 is 10.6. The van der Waals surface area contributed by atoms with Gasteiger partial charge >= 0.3 is 0 Å². The van der Waals surface area contributed by atoms with Gasteiger partial charge in [0.2, 0.25) is 12.7 Å². The lowest BCUT2D eigenvalue weighted by molar-refractivity contribution is -0.118. The fourth-order valence-electron chi connectivity index (χ4n) is 2.12. The van der Waals surface area contributed by atoms with Gasteiger partial charge in [-0.3, -0.25) is 9.69 Å². The van der Waals surface area contributed by atoms with Gasteiger partial charge < -0.3 is 9.47 Å². The smallest absolute Gasteiger partial charge is 0.231 e. The van der Waals surface area contributed by atoms with Crippen LogP contribution in [0, 0.1) is 6.92 Å². The maximum atomic E-state index is 12.2. The summed E-state index contributed by atoms with van der Waals surface area (Å²) in [6.45, 7) is 2.19. The highest BCUT2D eigenvalue weighted by Gasteiger charge is 2.16. The second-order valence-electron chi connectivity index (χ2n) is 4.91. The highest BCUT2D eigenvalue weighted by molar-refractivity contribution is 7.14. The molecule has 110 valence electrons. The molecule has 1 amide bonds. The summed E-state index contributed by atoms with van der Waals surface area (Å²) in [5.74, 6) is 1.58. The minimum atomic E-state index is 0.0574. The molecule has 3 rings (SSSR count). The Hall–Kier alpha value is -2.08. The van der Waals surface area contributed by atoms with Crippen molar-refractivity contribution in [2.24, 2.45) is 0 Å². The highest BCUT2D eigenvalue weighted by atomic mass is 32.1. The third-order valence-electron chi connectivity index (χ3n) is 3.33. The van der Waals surface area contributed by atoms with Crippen LogP contribution in [-0.2, 0) is 11.2 Å². The van der Waals surface area contributed by atoms with Crippen LogP contribution in [0.5, 0.6) is 11.5 Å². The molecule has 1 aromatic heterocycles. The first-order valence-corrected chi connectivity index (χ1v) is 7.58. The number of amides is 1. The van der Waals surface area contributed by atoms with E-state index in [0.717, 1.165) is 27.9 Å². The molecule has 0 fully saturated rings. The number of hydrogen-bond donors (Lipinski definition) is 0. The van der Waals surface area contributed by atoms with Crippen LogP contribution < -0.4 is 14.4 Å². The molecule has 0 unspecified atom stereocenters. The molecule has 0 radical (unpaired) electrons. The number of anilines is 1. The first-order valence-electron chi connectivity index (χ1n) is 6.71. The molecule has 2 aromatic rings. The van der Waals surface area contributed by atoms with Gasteiger partial charge in [-0.15, -0.1) is 11.3 Å². The van der Waals surface area contributed by atoms with Crippen LogP contribution in [-0.4, -0.2) is 24.7 Å². The number of aryl methyl sites for hydroxylation is 2. The number of ether oxygens (including phenoxy) is 2. The molecular weight excluding hydrogens is 288 g/mol. The average molecular weight is 304 g/mol. The first kappa shape index (κ1) is 13.9. The molecule has 0 saturated heterocycles. The number of hydrogen-bond acceptors (Lipinski definition) is 5. The maximum absolute atomic E-state index is 12.2. The zero-order chi connectivity index (χ0) is 14.8. The number of carbonyl (C=O) groups is 1. The van der Waals surface area contributed by atoms with Crippen LogP contribution in [0.2, 0.25) is 0 Å². The van der Waals surface area contributed by atoms with Crippen LogP contribution >= 0.6 is 11.3 Å². The SMILES string of the molecule is Cc1csc(N(C)C(=O)CCc2ccc3c(c2)OCO3)n1. The fourth-order valence-corrected chi connectivity index (χ4v) is 2.90. The molecule has 5 nitrogen and oxygen atoms in total. The lowest BCUT2D eigenvalue weighted by atomic mass is 10.1. The Morgan fingerprint density at radius 2 is 2.19 bits per heavy atom. The minimum Gasteiger partial charge on any atom is -0.454 e.